The van der Waals surface area contributed by atoms with Gasteiger partial charge in [-0.15, -0.1) is 0 Å². The number of aliphatic hydroxyl groups excluding tert-OH is 1. The van der Waals surface area contributed by atoms with Crippen LogP contribution in [-0.2, 0) is 14.3 Å². The molecule has 0 aliphatic heterocycles. The maximum atomic E-state index is 13.2. The Morgan fingerprint density at radius 2 is 1.77 bits per heavy atom. The van der Waals surface area contributed by atoms with Crippen molar-refractivity contribution < 1.29 is 19.4 Å². The summed E-state index contributed by atoms with van der Waals surface area (Å²) < 4.78 is 4.97. The normalized spacial score (nSPS) is 35.6. The molecule has 3 fully saturated rings. The lowest BCUT2D eigenvalue weighted by Gasteiger charge is -2.58. The Hall–Kier alpha value is -2.40. The van der Waals surface area contributed by atoms with Gasteiger partial charge in [0.2, 0.25) is 5.91 Å². The van der Waals surface area contributed by atoms with Crippen molar-refractivity contribution >= 4 is 11.9 Å². The third-order valence-corrected chi connectivity index (χ3v) is 13.0. The first-order valence-corrected chi connectivity index (χ1v) is 16.9. The maximum Gasteiger partial charge on any atom is 0.333 e. The summed E-state index contributed by atoms with van der Waals surface area (Å²) in [5, 5.41) is 13.5. The molecule has 1 aromatic rings. The highest BCUT2D eigenvalue weighted by molar-refractivity contribution is 5.96. The molecular formula is C38H55NO4. The largest absolute Gasteiger partial charge is 0.467 e. The number of rotatable bonds is 9. The SMILES string of the molecule is C=C(C(=O)N[C@H](C(=O)OC)c1ccccc1)C(C)CC[C@@H](C)[C@H]1CCC2=C3CCC4[C@H](C)[C@@H](O)CC[C@]4(C)[C@H]3CC[C@@]21C. The summed E-state index contributed by atoms with van der Waals surface area (Å²) in [6.45, 7) is 16.1. The van der Waals surface area contributed by atoms with Gasteiger partial charge in [-0.3, -0.25) is 4.79 Å². The van der Waals surface area contributed by atoms with E-state index in [9.17, 15) is 14.7 Å². The number of allylic oxidation sites excluding steroid dienone is 2. The van der Waals surface area contributed by atoms with E-state index < -0.39 is 12.0 Å². The molecule has 2 unspecified atom stereocenters. The molecule has 1 amide bonds. The number of carbonyl (C=O) groups is 2. The minimum absolute atomic E-state index is 0.0261. The van der Waals surface area contributed by atoms with Crippen molar-refractivity contribution in [2.75, 3.05) is 7.11 Å². The summed E-state index contributed by atoms with van der Waals surface area (Å²) >= 11 is 0. The predicted molar refractivity (Wildman–Crippen MR) is 172 cm³/mol. The van der Waals surface area contributed by atoms with Crippen molar-refractivity contribution in [3.63, 3.8) is 0 Å². The van der Waals surface area contributed by atoms with Crippen molar-refractivity contribution in [1.29, 1.82) is 0 Å². The summed E-state index contributed by atoms with van der Waals surface area (Å²) in [6.07, 6.45) is 11.5. The number of hydrogen-bond donors (Lipinski definition) is 2. The van der Waals surface area contributed by atoms with Crippen molar-refractivity contribution in [1.82, 2.24) is 5.32 Å². The van der Waals surface area contributed by atoms with Crippen molar-refractivity contribution in [2.45, 2.75) is 111 Å². The molecule has 10 atom stereocenters. The number of methoxy groups -OCH3 is 1. The quantitative estimate of drug-likeness (QED) is 0.174. The molecule has 0 saturated heterocycles. The number of amides is 1. The van der Waals surface area contributed by atoms with Crippen LogP contribution in [0.15, 0.2) is 53.6 Å². The summed E-state index contributed by atoms with van der Waals surface area (Å²) in [4.78, 5) is 25.7. The fourth-order valence-electron chi connectivity index (χ4n) is 10.3. The number of ether oxygens (including phenoxy) is 1. The molecular weight excluding hydrogens is 534 g/mol. The molecule has 0 bridgehead atoms. The lowest BCUT2D eigenvalue weighted by atomic mass is 9.47. The molecule has 0 heterocycles. The van der Waals surface area contributed by atoms with Crippen molar-refractivity contribution in [3.05, 3.63) is 59.2 Å². The molecule has 5 heteroatoms. The van der Waals surface area contributed by atoms with Crippen molar-refractivity contribution in [2.24, 2.45) is 46.3 Å². The van der Waals surface area contributed by atoms with E-state index in [4.69, 9.17) is 4.74 Å². The molecule has 4 aliphatic carbocycles. The fraction of sp³-hybridized carbons (Fsp3) is 0.684. The number of carbonyl (C=O) groups excluding carboxylic acids is 2. The highest BCUT2D eigenvalue weighted by atomic mass is 16.5. The second-order valence-corrected chi connectivity index (χ2v) is 15.1. The lowest BCUT2D eigenvalue weighted by molar-refractivity contribution is -0.145. The van der Waals surface area contributed by atoms with Crippen LogP contribution in [-0.4, -0.2) is 30.2 Å². The van der Waals surface area contributed by atoms with Crippen LogP contribution in [0.4, 0.5) is 0 Å². The van der Waals surface area contributed by atoms with Gasteiger partial charge in [0.1, 0.15) is 0 Å². The average Bonchev–Trinajstić information content (AvgIpc) is 3.37. The minimum atomic E-state index is -0.846. The molecule has 3 saturated carbocycles. The molecule has 2 N–H and O–H groups in total. The van der Waals surface area contributed by atoms with Gasteiger partial charge in [-0.25, -0.2) is 4.79 Å². The summed E-state index contributed by atoms with van der Waals surface area (Å²) in [5.41, 5.74) is 5.45. The zero-order valence-corrected chi connectivity index (χ0v) is 27.5. The van der Waals surface area contributed by atoms with E-state index in [0.29, 0.717) is 46.1 Å². The van der Waals surface area contributed by atoms with Gasteiger partial charge < -0.3 is 15.2 Å². The van der Waals surface area contributed by atoms with Crippen LogP contribution in [0.3, 0.4) is 0 Å². The number of benzene rings is 1. The highest BCUT2D eigenvalue weighted by Gasteiger charge is 2.57. The third-order valence-electron chi connectivity index (χ3n) is 13.0. The molecule has 43 heavy (non-hydrogen) atoms. The van der Waals surface area contributed by atoms with E-state index in [1.54, 1.807) is 5.57 Å². The Labute approximate surface area is 259 Å². The van der Waals surface area contributed by atoms with Gasteiger partial charge >= 0.3 is 5.97 Å². The summed E-state index contributed by atoms with van der Waals surface area (Å²) in [5.74, 6) is 2.26. The Kier molecular flexibility index (Phi) is 9.33. The van der Waals surface area contributed by atoms with Gasteiger partial charge in [-0.2, -0.15) is 0 Å². The fourth-order valence-corrected chi connectivity index (χ4v) is 10.3. The minimum Gasteiger partial charge on any atom is -0.467 e. The van der Waals surface area contributed by atoms with Crippen LogP contribution in [0, 0.1) is 46.3 Å². The molecule has 5 rings (SSSR count). The van der Waals surface area contributed by atoms with E-state index in [0.717, 1.165) is 19.3 Å². The van der Waals surface area contributed by atoms with Gasteiger partial charge in [0, 0.05) is 5.57 Å². The number of esters is 1. The predicted octanol–water partition coefficient (Wildman–Crippen LogP) is 7.96. The van der Waals surface area contributed by atoms with Gasteiger partial charge in [0.25, 0.3) is 0 Å². The van der Waals surface area contributed by atoms with E-state index in [1.807, 2.05) is 35.9 Å². The molecule has 0 aromatic heterocycles. The van der Waals surface area contributed by atoms with Crippen molar-refractivity contribution in [3.8, 4) is 0 Å². The Balaban J connectivity index is 1.21. The zero-order chi connectivity index (χ0) is 31.1. The van der Waals surface area contributed by atoms with Gasteiger partial charge in [0.05, 0.1) is 13.2 Å². The van der Waals surface area contributed by atoms with Crippen LogP contribution in [0.5, 0.6) is 0 Å². The van der Waals surface area contributed by atoms with Crippen LogP contribution in [0.1, 0.15) is 110 Å². The van der Waals surface area contributed by atoms with Crippen LogP contribution < -0.4 is 5.32 Å². The zero-order valence-electron chi connectivity index (χ0n) is 27.5. The maximum absolute atomic E-state index is 13.2. The van der Waals surface area contributed by atoms with E-state index in [-0.39, 0.29) is 23.3 Å². The third kappa shape index (κ3) is 5.76. The standard InChI is InChI=1S/C38H55NO4/c1-23(25(3)35(41)39-34(36(42)43-7)27-11-9-8-10-12-27)13-14-24(2)29-17-18-31-28-15-16-30-26(4)33(40)20-22-38(30,6)32(28)19-21-37(29,31)5/h8-12,23-24,26,29-30,32-34,40H,3,13-22H2,1-2,4-7H3,(H,39,41)/t23?,24-,26+,29-,30?,32+,33+,34+,37-,38+/m1/s1. The second kappa shape index (κ2) is 12.5. The number of fused-ring (bicyclic) bond motifs is 4. The summed E-state index contributed by atoms with van der Waals surface area (Å²) in [6, 6.07) is 8.37. The number of hydrogen-bond acceptors (Lipinski definition) is 4. The first kappa shape index (κ1) is 32.0. The Morgan fingerprint density at radius 1 is 1.05 bits per heavy atom. The lowest BCUT2D eigenvalue weighted by Crippen LogP contribution is -2.51. The smallest absolute Gasteiger partial charge is 0.333 e. The molecule has 5 nitrogen and oxygen atoms in total. The molecule has 0 radical (unpaired) electrons. The average molecular weight is 590 g/mol. The van der Waals surface area contributed by atoms with Crippen LogP contribution in [0.25, 0.3) is 0 Å². The molecule has 236 valence electrons. The van der Waals surface area contributed by atoms with Gasteiger partial charge in [-0.05, 0) is 116 Å². The first-order chi connectivity index (χ1) is 20.4. The second-order valence-electron chi connectivity index (χ2n) is 15.1. The van der Waals surface area contributed by atoms with E-state index in [2.05, 4.69) is 46.5 Å². The molecule has 4 aliphatic rings. The monoisotopic (exact) mass is 589 g/mol. The van der Waals surface area contributed by atoms with E-state index >= 15 is 0 Å². The van der Waals surface area contributed by atoms with Crippen LogP contribution in [0.2, 0.25) is 0 Å². The van der Waals surface area contributed by atoms with Gasteiger partial charge in [0.15, 0.2) is 6.04 Å². The van der Waals surface area contributed by atoms with E-state index in [1.165, 1.54) is 52.1 Å². The Bertz CT molecular complexity index is 1240. The first-order valence-electron chi connectivity index (χ1n) is 16.9. The highest BCUT2D eigenvalue weighted by Crippen LogP contribution is 2.66. The molecule has 0 spiro atoms. The summed E-state index contributed by atoms with van der Waals surface area (Å²) in [7, 11) is 1.34. The topological polar surface area (TPSA) is 75.6 Å². The Morgan fingerprint density at radius 3 is 2.47 bits per heavy atom. The number of aliphatic hydroxyl groups is 1. The molecule has 1 aromatic carbocycles. The van der Waals surface area contributed by atoms with Crippen LogP contribution >= 0.6 is 0 Å². The number of nitrogens with one attached hydrogen (secondary N) is 1. The van der Waals surface area contributed by atoms with Gasteiger partial charge in [-0.1, -0.05) is 82.7 Å².